The molecule has 202 valence electrons. The molecule has 0 radical (unpaired) electrons. The zero-order valence-corrected chi connectivity index (χ0v) is 22.7. The summed E-state index contributed by atoms with van der Waals surface area (Å²) in [6.07, 6.45) is 1.59. The predicted octanol–water partition coefficient (Wildman–Crippen LogP) is 3.99. The first-order chi connectivity index (χ1) is 18.0. The Labute approximate surface area is 227 Å². The molecule has 1 aromatic heterocycles. The van der Waals surface area contributed by atoms with Gasteiger partial charge < -0.3 is 30.1 Å². The van der Waals surface area contributed by atoms with Crippen LogP contribution in [-0.2, 0) is 6.54 Å². The van der Waals surface area contributed by atoms with Crippen LogP contribution in [0, 0.1) is 6.57 Å². The standard InChI is InChI=1S/C27H33ClN6O4/c1-26(2,3)32-23(35)22-8-6-19(38-22)16-33-11-13-34(14-12-33)24(36)18-5-7-21(20(28)15-18)31-25(37)30-17-27(29-4)9-10-27/h5-8,15H,9-14,16-17H2,1-3H3,(H,32,35)(H2,30,31,37). The lowest BCUT2D eigenvalue weighted by Crippen LogP contribution is -2.48. The van der Waals surface area contributed by atoms with Gasteiger partial charge in [0.05, 0.1) is 23.8 Å². The van der Waals surface area contributed by atoms with E-state index in [0.717, 1.165) is 12.8 Å². The number of amides is 4. The zero-order chi connectivity index (χ0) is 27.5. The van der Waals surface area contributed by atoms with Crippen molar-refractivity contribution in [3.05, 3.63) is 63.9 Å². The quantitative estimate of drug-likeness (QED) is 0.460. The molecule has 0 bridgehead atoms. The van der Waals surface area contributed by atoms with Gasteiger partial charge in [0.15, 0.2) is 5.76 Å². The van der Waals surface area contributed by atoms with Gasteiger partial charge in [0.2, 0.25) is 5.54 Å². The number of urea groups is 1. The van der Waals surface area contributed by atoms with Gasteiger partial charge in [-0.25, -0.2) is 11.4 Å². The summed E-state index contributed by atoms with van der Waals surface area (Å²) in [5.74, 6) is 0.608. The number of carbonyl (C=O) groups is 3. The molecule has 2 heterocycles. The van der Waals surface area contributed by atoms with Crippen LogP contribution in [0.4, 0.5) is 10.5 Å². The van der Waals surface area contributed by atoms with E-state index in [9.17, 15) is 14.4 Å². The molecule has 1 aliphatic carbocycles. The number of anilines is 1. The molecule has 10 nitrogen and oxygen atoms in total. The first kappa shape index (κ1) is 27.5. The molecule has 0 spiro atoms. The van der Waals surface area contributed by atoms with E-state index >= 15 is 0 Å². The van der Waals surface area contributed by atoms with Crippen LogP contribution < -0.4 is 16.0 Å². The van der Waals surface area contributed by atoms with Gasteiger partial charge in [0.25, 0.3) is 11.8 Å². The van der Waals surface area contributed by atoms with Crippen molar-refractivity contribution in [2.45, 2.75) is 51.2 Å². The summed E-state index contributed by atoms with van der Waals surface area (Å²) in [6, 6.07) is 7.86. The molecule has 0 atom stereocenters. The van der Waals surface area contributed by atoms with Crippen molar-refractivity contribution in [2.75, 3.05) is 38.0 Å². The van der Waals surface area contributed by atoms with Crippen molar-refractivity contribution in [3.8, 4) is 0 Å². The van der Waals surface area contributed by atoms with Gasteiger partial charge in [-0.2, -0.15) is 0 Å². The Bertz CT molecular complexity index is 1250. The molecule has 38 heavy (non-hydrogen) atoms. The molecule has 4 rings (SSSR count). The number of carbonyl (C=O) groups excluding carboxylic acids is 3. The van der Waals surface area contributed by atoms with Crippen molar-refractivity contribution in [1.82, 2.24) is 20.4 Å². The molecular formula is C27H33ClN6O4. The monoisotopic (exact) mass is 540 g/mol. The highest BCUT2D eigenvalue weighted by Gasteiger charge is 2.50. The van der Waals surface area contributed by atoms with Crippen molar-refractivity contribution in [2.24, 2.45) is 0 Å². The number of halogens is 1. The van der Waals surface area contributed by atoms with Gasteiger partial charge in [-0.15, -0.1) is 0 Å². The molecule has 1 saturated heterocycles. The minimum Gasteiger partial charge on any atom is -0.455 e. The molecule has 2 fully saturated rings. The minimum atomic E-state index is -0.453. The SMILES string of the molecule is [C-]#[N+]C1(CNC(=O)Nc2ccc(C(=O)N3CCN(Cc4ccc(C(=O)NC(C)(C)C)o4)CC3)cc2Cl)CC1. The maximum atomic E-state index is 13.1. The average Bonchev–Trinajstić information content (AvgIpc) is 3.51. The molecule has 2 aromatic rings. The van der Waals surface area contributed by atoms with E-state index in [1.807, 2.05) is 26.8 Å². The van der Waals surface area contributed by atoms with Crippen LogP contribution in [0.5, 0.6) is 0 Å². The predicted molar refractivity (Wildman–Crippen MR) is 144 cm³/mol. The highest BCUT2D eigenvalue weighted by Crippen LogP contribution is 2.39. The third kappa shape index (κ3) is 7.05. The number of benzene rings is 1. The number of furan rings is 1. The first-order valence-corrected chi connectivity index (χ1v) is 13.0. The summed E-state index contributed by atoms with van der Waals surface area (Å²) in [7, 11) is 0. The Morgan fingerprint density at radius 2 is 1.82 bits per heavy atom. The van der Waals surface area contributed by atoms with E-state index in [0.29, 0.717) is 56.3 Å². The molecule has 11 heteroatoms. The Hall–Kier alpha value is -3.55. The summed E-state index contributed by atoms with van der Waals surface area (Å²) in [6.45, 7) is 16.2. The number of nitrogens with one attached hydrogen (secondary N) is 3. The summed E-state index contributed by atoms with van der Waals surface area (Å²) in [5, 5.41) is 8.54. The number of hydrogen-bond acceptors (Lipinski definition) is 5. The van der Waals surface area contributed by atoms with Crippen LogP contribution in [0.25, 0.3) is 4.85 Å². The summed E-state index contributed by atoms with van der Waals surface area (Å²) >= 11 is 6.35. The Balaban J connectivity index is 1.25. The van der Waals surface area contributed by atoms with Gasteiger partial charge in [-0.05, 0) is 51.1 Å². The first-order valence-electron chi connectivity index (χ1n) is 12.6. The average molecular weight is 541 g/mol. The number of hydrogen-bond donors (Lipinski definition) is 3. The summed E-state index contributed by atoms with van der Waals surface area (Å²) in [5.41, 5.74) is 0.0408. The molecule has 3 N–H and O–H groups in total. The fourth-order valence-corrected chi connectivity index (χ4v) is 4.36. The third-order valence-electron chi connectivity index (χ3n) is 6.52. The van der Waals surface area contributed by atoms with Gasteiger partial charge in [-0.1, -0.05) is 11.6 Å². The third-order valence-corrected chi connectivity index (χ3v) is 6.83. The lowest BCUT2D eigenvalue weighted by Gasteiger charge is -2.34. The normalized spacial score (nSPS) is 16.9. The molecule has 2 aliphatic rings. The van der Waals surface area contributed by atoms with Gasteiger partial charge >= 0.3 is 6.03 Å². The summed E-state index contributed by atoms with van der Waals surface area (Å²) in [4.78, 5) is 45.0. The lowest BCUT2D eigenvalue weighted by molar-refractivity contribution is 0.0618. The van der Waals surface area contributed by atoms with Gasteiger partial charge in [0.1, 0.15) is 5.76 Å². The van der Waals surface area contributed by atoms with E-state index in [1.165, 1.54) is 0 Å². The summed E-state index contributed by atoms with van der Waals surface area (Å²) < 4.78 is 5.73. The lowest BCUT2D eigenvalue weighted by atomic mass is 10.1. The topological polar surface area (TPSA) is 111 Å². The molecule has 4 amide bonds. The maximum Gasteiger partial charge on any atom is 0.319 e. The maximum absolute atomic E-state index is 13.1. The number of piperazine rings is 1. The smallest absolute Gasteiger partial charge is 0.319 e. The van der Waals surface area contributed by atoms with E-state index in [4.69, 9.17) is 22.6 Å². The Kier molecular flexibility index (Phi) is 7.99. The largest absolute Gasteiger partial charge is 0.455 e. The zero-order valence-electron chi connectivity index (χ0n) is 21.9. The van der Waals surface area contributed by atoms with E-state index < -0.39 is 11.6 Å². The van der Waals surface area contributed by atoms with Crippen LogP contribution in [0.3, 0.4) is 0 Å². The van der Waals surface area contributed by atoms with Crippen LogP contribution in [0.1, 0.15) is 60.3 Å². The van der Waals surface area contributed by atoms with E-state index in [2.05, 4.69) is 25.7 Å². The Morgan fingerprint density at radius 3 is 2.42 bits per heavy atom. The highest BCUT2D eigenvalue weighted by atomic mass is 35.5. The van der Waals surface area contributed by atoms with E-state index in [1.54, 1.807) is 29.2 Å². The van der Waals surface area contributed by atoms with Crippen molar-refractivity contribution in [3.63, 3.8) is 0 Å². The van der Waals surface area contributed by atoms with Crippen LogP contribution in [-0.4, -0.2) is 71.4 Å². The molecule has 1 saturated carbocycles. The second-order valence-electron chi connectivity index (χ2n) is 10.9. The molecular weight excluding hydrogens is 508 g/mol. The van der Waals surface area contributed by atoms with Crippen molar-refractivity contribution < 1.29 is 18.8 Å². The second-order valence-corrected chi connectivity index (χ2v) is 11.3. The van der Waals surface area contributed by atoms with Crippen LogP contribution >= 0.6 is 11.6 Å². The van der Waals surface area contributed by atoms with Crippen molar-refractivity contribution >= 4 is 35.1 Å². The fourth-order valence-electron chi connectivity index (χ4n) is 4.13. The molecule has 1 aliphatic heterocycles. The number of rotatable bonds is 7. The second kappa shape index (κ2) is 11.1. The van der Waals surface area contributed by atoms with Crippen LogP contribution in [0.15, 0.2) is 34.7 Å². The highest BCUT2D eigenvalue weighted by molar-refractivity contribution is 6.34. The fraction of sp³-hybridized carbons (Fsp3) is 0.481. The molecule has 1 aromatic carbocycles. The van der Waals surface area contributed by atoms with Gasteiger partial charge in [0, 0.05) is 50.1 Å². The molecule has 0 unspecified atom stereocenters. The number of nitrogens with zero attached hydrogens (tertiary/aromatic N) is 3. The van der Waals surface area contributed by atoms with Crippen molar-refractivity contribution in [1.29, 1.82) is 0 Å². The van der Waals surface area contributed by atoms with Gasteiger partial charge in [-0.3, -0.25) is 14.5 Å². The minimum absolute atomic E-state index is 0.130. The van der Waals surface area contributed by atoms with E-state index in [-0.39, 0.29) is 28.1 Å². The van der Waals surface area contributed by atoms with Crippen LogP contribution in [0.2, 0.25) is 5.02 Å². The Morgan fingerprint density at radius 1 is 1.11 bits per heavy atom.